The molecule has 0 amide bonds. The number of halogens is 1. The summed E-state index contributed by atoms with van der Waals surface area (Å²) in [6.45, 7) is 3.79. The summed E-state index contributed by atoms with van der Waals surface area (Å²) in [6.07, 6.45) is 2.46. The second-order valence-corrected chi connectivity index (χ2v) is 5.54. The molecular formula is C14H21ClN2O. The topological polar surface area (TPSA) is 38.5 Å². The zero-order chi connectivity index (χ0) is 13.0. The van der Waals surface area contributed by atoms with E-state index in [2.05, 4.69) is 11.9 Å². The second-order valence-electron chi connectivity index (χ2n) is 5.14. The number of anilines is 1. The van der Waals surface area contributed by atoms with E-state index in [1.165, 1.54) is 18.4 Å². The molecule has 1 fully saturated rings. The van der Waals surface area contributed by atoms with Crippen molar-refractivity contribution in [1.29, 1.82) is 0 Å². The molecule has 0 spiro atoms. The van der Waals surface area contributed by atoms with Crippen LogP contribution in [-0.4, -0.2) is 31.7 Å². The quantitative estimate of drug-likeness (QED) is 0.854. The van der Waals surface area contributed by atoms with E-state index in [1.807, 2.05) is 18.2 Å². The maximum atomic E-state index is 6.03. The molecule has 2 rings (SSSR count). The van der Waals surface area contributed by atoms with Crippen LogP contribution in [0.25, 0.3) is 0 Å². The van der Waals surface area contributed by atoms with Crippen molar-refractivity contribution < 1.29 is 4.74 Å². The summed E-state index contributed by atoms with van der Waals surface area (Å²) >= 11 is 6.03. The lowest BCUT2D eigenvalue weighted by Gasteiger charge is -2.27. The average molecular weight is 269 g/mol. The third-order valence-electron chi connectivity index (χ3n) is 3.34. The van der Waals surface area contributed by atoms with Crippen molar-refractivity contribution in [3.05, 3.63) is 28.8 Å². The highest BCUT2D eigenvalue weighted by Gasteiger charge is 2.16. The molecule has 1 aliphatic heterocycles. The highest BCUT2D eigenvalue weighted by atomic mass is 35.5. The largest absolute Gasteiger partial charge is 0.398 e. The van der Waals surface area contributed by atoms with Crippen molar-refractivity contribution in [2.75, 3.05) is 32.5 Å². The molecule has 0 aromatic heterocycles. The summed E-state index contributed by atoms with van der Waals surface area (Å²) in [7, 11) is 2.14. The van der Waals surface area contributed by atoms with E-state index in [0.717, 1.165) is 26.3 Å². The lowest BCUT2D eigenvalue weighted by atomic mass is 10.0. The first-order valence-corrected chi connectivity index (χ1v) is 6.83. The van der Waals surface area contributed by atoms with E-state index in [0.29, 0.717) is 16.6 Å². The number of hydrogen-bond acceptors (Lipinski definition) is 3. The smallest absolute Gasteiger partial charge is 0.0638 e. The van der Waals surface area contributed by atoms with Gasteiger partial charge in [-0.05, 0) is 43.5 Å². The molecule has 0 bridgehead atoms. The van der Waals surface area contributed by atoms with Crippen molar-refractivity contribution >= 4 is 17.3 Å². The molecule has 1 atom stereocenters. The normalized spacial score (nSPS) is 20.3. The van der Waals surface area contributed by atoms with Gasteiger partial charge >= 0.3 is 0 Å². The second kappa shape index (κ2) is 6.41. The van der Waals surface area contributed by atoms with Crippen LogP contribution in [0.5, 0.6) is 0 Å². The van der Waals surface area contributed by atoms with Crippen molar-refractivity contribution in [2.24, 2.45) is 5.92 Å². The molecule has 18 heavy (non-hydrogen) atoms. The van der Waals surface area contributed by atoms with Gasteiger partial charge in [0.2, 0.25) is 0 Å². The van der Waals surface area contributed by atoms with Gasteiger partial charge in [0.1, 0.15) is 0 Å². The third kappa shape index (κ3) is 3.87. The molecule has 0 radical (unpaired) electrons. The highest BCUT2D eigenvalue weighted by molar-refractivity contribution is 6.33. The zero-order valence-corrected chi connectivity index (χ0v) is 11.6. The van der Waals surface area contributed by atoms with Crippen LogP contribution in [0.1, 0.15) is 18.4 Å². The maximum Gasteiger partial charge on any atom is 0.0638 e. The molecule has 1 aliphatic rings. The Balaban J connectivity index is 1.85. The fourth-order valence-corrected chi connectivity index (χ4v) is 2.64. The summed E-state index contributed by atoms with van der Waals surface area (Å²) in [5, 5.41) is 0.641. The number of rotatable bonds is 4. The Hall–Kier alpha value is -0.770. The fraction of sp³-hybridized carbons (Fsp3) is 0.571. The molecule has 4 heteroatoms. The van der Waals surface area contributed by atoms with Gasteiger partial charge < -0.3 is 15.4 Å². The van der Waals surface area contributed by atoms with E-state index in [9.17, 15) is 0 Å². The Morgan fingerprint density at radius 1 is 1.50 bits per heavy atom. The van der Waals surface area contributed by atoms with Crippen LogP contribution in [0.2, 0.25) is 5.02 Å². The van der Waals surface area contributed by atoms with Crippen molar-refractivity contribution in [2.45, 2.75) is 19.4 Å². The standard InChI is InChI=1S/C14H21ClN2O/c1-17(9-12-3-2-6-18-10-12)8-11-4-5-14(16)13(15)7-11/h4-5,7,12H,2-3,6,8-10,16H2,1H3. The van der Waals surface area contributed by atoms with E-state index in [4.69, 9.17) is 22.1 Å². The van der Waals surface area contributed by atoms with Gasteiger partial charge in [-0.15, -0.1) is 0 Å². The van der Waals surface area contributed by atoms with Crippen LogP contribution in [0, 0.1) is 5.92 Å². The van der Waals surface area contributed by atoms with Gasteiger partial charge in [-0.3, -0.25) is 0 Å². The minimum atomic E-state index is 0.641. The van der Waals surface area contributed by atoms with Gasteiger partial charge in [0.05, 0.1) is 17.3 Å². The average Bonchev–Trinajstić information content (AvgIpc) is 2.35. The number of hydrogen-bond donors (Lipinski definition) is 1. The number of nitrogen functional groups attached to an aromatic ring is 1. The Labute approximate surface area is 114 Å². The molecule has 1 saturated heterocycles. The zero-order valence-electron chi connectivity index (χ0n) is 10.9. The molecule has 3 nitrogen and oxygen atoms in total. The Morgan fingerprint density at radius 2 is 2.33 bits per heavy atom. The predicted octanol–water partition coefficient (Wildman–Crippen LogP) is 2.78. The Bertz CT molecular complexity index is 391. The molecule has 1 heterocycles. The van der Waals surface area contributed by atoms with Crippen LogP contribution in [0.15, 0.2) is 18.2 Å². The van der Waals surface area contributed by atoms with E-state index >= 15 is 0 Å². The van der Waals surface area contributed by atoms with Crippen molar-refractivity contribution in [3.63, 3.8) is 0 Å². The summed E-state index contributed by atoms with van der Waals surface area (Å²) in [6, 6.07) is 5.86. The summed E-state index contributed by atoms with van der Waals surface area (Å²) in [5.74, 6) is 0.660. The predicted molar refractivity (Wildman–Crippen MR) is 75.7 cm³/mol. The van der Waals surface area contributed by atoms with Gasteiger partial charge in [0.25, 0.3) is 0 Å². The number of ether oxygens (including phenoxy) is 1. The first kappa shape index (κ1) is 13.7. The Morgan fingerprint density at radius 3 is 3.00 bits per heavy atom. The molecule has 100 valence electrons. The minimum Gasteiger partial charge on any atom is -0.398 e. The first-order valence-electron chi connectivity index (χ1n) is 6.45. The van der Waals surface area contributed by atoms with Gasteiger partial charge in [0.15, 0.2) is 0 Å². The van der Waals surface area contributed by atoms with Gasteiger partial charge in [-0.1, -0.05) is 17.7 Å². The Kier molecular flexibility index (Phi) is 4.87. The van der Waals surface area contributed by atoms with Crippen molar-refractivity contribution in [1.82, 2.24) is 4.90 Å². The molecule has 1 aromatic carbocycles. The van der Waals surface area contributed by atoms with Gasteiger partial charge in [0, 0.05) is 19.7 Å². The minimum absolute atomic E-state index is 0.641. The van der Waals surface area contributed by atoms with Crippen LogP contribution in [0.4, 0.5) is 5.69 Å². The molecule has 1 unspecified atom stereocenters. The third-order valence-corrected chi connectivity index (χ3v) is 3.67. The summed E-state index contributed by atoms with van der Waals surface area (Å²) in [4.78, 5) is 2.32. The van der Waals surface area contributed by atoms with Crippen LogP contribution >= 0.6 is 11.6 Å². The lowest BCUT2D eigenvalue weighted by molar-refractivity contribution is 0.0411. The van der Waals surface area contributed by atoms with Gasteiger partial charge in [-0.2, -0.15) is 0 Å². The SMILES string of the molecule is CN(Cc1ccc(N)c(Cl)c1)CC1CCCOC1. The first-order chi connectivity index (χ1) is 8.65. The van der Waals surface area contributed by atoms with E-state index < -0.39 is 0 Å². The fourth-order valence-electron chi connectivity index (χ4n) is 2.44. The molecule has 0 aliphatic carbocycles. The van der Waals surface area contributed by atoms with Crippen LogP contribution in [-0.2, 0) is 11.3 Å². The number of nitrogens with zero attached hydrogens (tertiary/aromatic N) is 1. The molecular weight excluding hydrogens is 248 g/mol. The molecule has 1 aromatic rings. The van der Waals surface area contributed by atoms with Crippen LogP contribution in [0.3, 0.4) is 0 Å². The summed E-state index contributed by atoms with van der Waals surface area (Å²) in [5.41, 5.74) is 7.55. The highest BCUT2D eigenvalue weighted by Crippen LogP contribution is 2.21. The van der Waals surface area contributed by atoms with Gasteiger partial charge in [-0.25, -0.2) is 0 Å². The maximum absolute atomic E-state index is 6.03. The monoisotopic (exact) mass is 268 g/mol. The summed E-state index contributed by atoms with van der Waals surface area (Å²) < 4.78 is 5.50. The van der Waals surface area contributed by atoms with Crippen LogP contribution < -0.4 is 5.73 Å². The number of benzene rings is 1. The molecule has 2 N–H and O–H groups in total. The molecule has 0 saturated carbocycles. The van der Waals surface area contributed by atoms with E-state index in [1.54, 1.807) is 0 Å². The van der Waals surface area contributed by atoms with E-state index in [-0.39, 0.29) is 0 Å². The lowest BCUT2D eigenvalue weighted by Crippen LogP contribution is -2.30. The number of nitrogens with two attached hydrogens (primary N) is 1. The van der Waals surface area contributed by atoms with Crippen molar-refractivity contribution in [3.8, 4) is 0 Å².